The van der Waals surface area contributed by atoms with Crippen molar-refractivity contribution in [2.45, 2.75) is 0 Å². The molecule has 1 aromatic rings. The summed E-state index contributed by atoms with van der Waals surface area (Å²) in [6, 6.07) is 6.89. The van der Waals surface area contributed by atoms with Crippen molar-refractivity contribution in [3.63, 3.8) is 0 Å². The number of benzene rings is 1. The molecular formula is C12H13N3O4. The molecule has 19 heavy (non-hydrogen) atoms. The second-order valence-electron chi connectivity index (χ2n) is 3.22. The van der Waals surface area contributed by atoms with Gasteiger partial charge in [0.15, 0.2) is 18.1 Å². The summed E-state index contributed by atoms with van der Waals surface area (Å²) >= 11 is 0. The number of nitrogens with zero attached hydrogens (tertiary/aromatic N) is 2. The zero-order chi connectivity index (χ0) is 14.1. The number of carbonyl (C=O) groups excluding carboxylic acids is 1. The molecule has 0 bridgehead atoms. The van der Waals surface area contributed by atoms with E-state index < -0.39 is 6.09 Å². The first kappa shape index (κ1) is 14.3. The van der Waals surface area contributed by atoms with Crippen LogP contribution in [-0.2, 0) is 4.74 Å². The largest absolute Gasteiger partial charge is 0.493 e. The average molecular weight is 263 g/mol. The summed E-state index contributed by atoms with van der Waals surface area (Å²) in [5.41, 5.74) is 2.85. The van der Waals surface area contributed by atoms with Crippen LogP contribution < -0.4 is 14.9 Å². The number of hydrogen-bond donors (Lipinski definition) is 1. The Hall–Kier alpha value is -2.75. The van der Waals surface area contributed by atoms with E-state index in [0.717, 1.165) is 0 Å². The van der Waals surface area contributed by atoms with Gasteiger partial charge in [0.05, 0.1) is 20.4 Å². The van der Waals surface area contributed by atoms with E-state index in [1.54, 1.807) is 18.2 Å². The number of rotatable bonds is 5. The van der Waals surface area contributed by atoms with Crippen molar-refractivity contribution in [2.75, 3.05) is 20.8 Å². The molecule has 1 rings (SSSR count). The summed E-state index contributed by atoms with van der Waals surface area (Å²) in [4.78, 5) is 10.8. The minimum atomic E-state index is -0.655. The van der Waals surface area contributed by atoms with Gasteiger partial charge in [-0.05, 0) is 23.8 Å². The highest BCUT2D eigenvalue weighted by Crippen LogP contribution is 2.27. The summed E-state index contributed by atoms with van der Waals surface area (Å²) in [7, 11) is 2.73. The fourth-order valence-electron chi connectivity index (χ4n) is 1.20. The molecule has 0 saturated carbocycles. The zero-order valence-electron chi connectivity index (χ0n) is 10.5. The molecule has 0 radical (unpaired) electrons. The third kappa shape index (κ3) is 4.55. The lowest BCUT2D eigenvalue weighted by atomic mass is 10.2. The third-order valence-electron chi connectivity index (χ3n) is 2.03. The number of hydrogen-bond acceptors (Lipinski definition) is 6. The summed E-state index contributed by atoms with van der Waals surface area (Å²) in [5, 5.41) is 12.1. The van der Waals surface area contributed by atoms with Gasteiger partial charge in [0.1, 0.15) is 6.07 Å². The molecule has 7 heteroatoms. The third-order valence-corrected chi connectivity index (χ3v) is 2.03. The molecule has 7 nitrogen and oxygen atoms in total. The Morgan fingerprint density at radius 1 is 1.47 bits per heavy atom. The summed E-state index contributed by atoms with van der Waals surface area (Å²) in [5.74, 6) is 0.930. The molecule has 0 aliphatic rings. The van der Waals surface area contributed by atoms with Crippen molar-refractivity contribution >= 4 is 12.3 Å². The van der Waals surface area contributed by atoms with Crippen LogP contribution in [-0.4, -0.2) is 33.1 Å². The van der Waals surface area contributed by atoms with E-state index >= 15 is 0 Å². The van der Waals surface area contributed by atoms with E-state index in [0.29, 0.717) is 17.1 Å². The van der Waals surface area contributed by atoms with Crippen LogP contribution in [0.25, 0.3) is 0 Å². The van der Waals surface area contributed by atoms with E-state index in [2.05, 4.69) is 15.3 Å². The Kier molecular flexibility index (Phi) is 5.69. The van der Waals surface area contributed by atoms with Crippen molar-refractivity contribution < 1.29 is 19.0 Å². The predicted molar refractivity (Wildman–Crippen MR) is 67.2 cm³/mol. The second kappa shape index (κ2) is 7.55. The number of carbonyl (C=O) groups is 1. The lowest BCUT2D eigenvalue weighted by Crippen LogP contribution is -2.16. The molecule has 100 valence electrons. The quantitative estimate of drug-likeness (QED) is 0.638. The van der Waals surface area contributed by atoms with Crippen LogP contribution in [0.1, 0.15) is 5.56 Å². The Morgan fingerprint density at radius 2 is 2.26 bits per heavy atom. The molecule has 1 N–H and O–H groups in total. The summed E-state index contributed by atoms with van der Waals surface area (Å²) < 4.78 is 14.7. The Labute approximate surface area is 110 Å². The van der Waals surface area contributed by atoms with Gasteiger partial charge >= 0.3 is 6.09 Å². The molecule has 1 amide bonds. The fraction of sp³-hybridized carbons (Fsp3) is 0.250. The monoisotopic (exact) mass is 263 g/mol. The zero-order valence-corrected chi connectivity index (χ0v) is 10.5. The number of methoxy groups -OCH3 is 2. The first-order chi connectivity index (χ1) is 9.21. The van der Waals surface area contributed by atoms with Gasteiger partial charge in [0, 0.05) is 0 Å². The second-order valence-corrected chi connectivity index (χ2v) is 3.22. The Balaban J connectivity index is 2.76. The van der Waals surface area contributed by atoms with E-state index in [9.17, 15) is 4.79 Å². The van der Waals surface area contributed by atoms with Gasteiger partial charge in [-0.15, -0.1) is 0 Å². The molecule has 0 spiro atoms. The van der Waals surface area contributed by atoms with Gasteiger partial charge < -0.3 is 14.2 Å². The van der Waals surface area contributed by atoms with Gasteiger partial charge in [-0.1, -0.05) is 0 Å². The fourth-order valence-corrected chi connectivity index (χ4v) is 1.20. The van der Waals surface area contributed by atoms with Gasteiger partial charge in [0.2, 0.25) is 0 Å². The van der Waals surface area contributed by atoms with Crippen molar-refractivity contribution in [1.82, 2.24) is 5.43 Å². The van der Waals surface area contributed by atoms with Gasteiger partial charge in [0.25, 0.3) is 0 Å². The number of nitriles is 1. The average Bonchev–Trinajstić information content (AvgIpc) is 2.45. The maximum atomic E-state index is 10.8. The lowest BCUT2D eigenvalue weighted by molar-refractivity contribution is 0.171. The van der Waals surface area contributed by atoms with Gasteiger partial charge in [-0.3, -0.25) is 0 Å². The maximum Gasteiger partial charge on any atom is 0.427 e. The normalized spacial score (nSPS) is 9.74. The van der Waals surface area contributed by atoms with E-state index in [1.165, 1.54) is 20.4 Å². The van der Waals surface area contributed by atoms with E-state index in [4.69, 9.17) is 14.7 Å². The van der Waals surface area contributed by atoms with Crippen molar-refractivity contribution in [3.05, 3.63) is 23.8 Å². The van der Waals surface area contributed by atoms with Crippen LogP contribution in [0.15, 0.2) is 23.3 Å². The van der Waals surface area contributed by atoms with Crippen LogP contribution in [0.3, 0.4) is 0 Å². The highest BCUT2D eigenvalue weighted by molar-refractivity contribution is 5.82. The van der Waals surface area contributed by atoms with Crippen LogP contribution in [0, 0.1) is 11.3 Å². The summed E-state index contributed by atoms with van der Waals surface area (Å²) in [6.07, 6.45) is 0.769. The topological polar surface area (TPSA) is 92.9 Å². The molecule has 0 fully saturated rings. The molecule has 0 aliphatic heterocycles. The Bertz CT molecular complexity index is 508. The van der Waals surface area contributed by atoms with E-state index in [-0.39, 0.29) is 6.61 Å². The highest BCUT2D eigenvalue weighted by Gasteiger charge is 2.04. The smallest absolute Gasteiger partial charge is 0.427 e. The van der Waals surface area contributed by atoms with Gasteiger partial charge in [-0.25, -0.2) is 10.2 Å². The molecule has 1 aromatic carbocycles. The maximum absolute atomic E-state index is 10.8. The molecule has 0 heterocycles. The molecule has 0 aliphatic carbocycles. The van der Waals surface area contributed by atoms with Crippen LogP contribution >= 0.6 is 0 Å². The van der Waals surface area contributed by atoms with Crippen molar-refractivity contribution in [2.24, 2.45) is 5.10 Å². The highest BCUT2D eigenvalue weighted by atomic mass is 16.5. The number of amides is 1. The van der Waals surface area contributed by atoms with Crippen LogP contribution in [0.4, 0.5) is 4.79 Å². The minimum Gasteiger partial charge on any atom is -0.493 e. The first-order valence-electron chi connectivity index (χ1n) is 5.26. The first-order valence-corrected chi connectivity index (χ1v) is 5.26. The van der Waals surface area contributed by atoms with Crippen molar-refractivity contribution in [3.8, 4) is 17.6 Å². The van der Waals surface area contributed by atoms with Crippen LogP contribution in [0.5, 0.6) is 11.5 Å². The standard InChI is InChI=1S/C12H13N3O4/c1-17-11-7-9(8-14-15-12(16)18-2)3-4-10(11)19-6-5-13/h3-4,7-8H,6H2,1-2H3,(H,15,16)/b14-8-. The molecular weight excluding hydrogens is 250 g/mol. The summed E-state index contributed by atoms with van der Waals surface area (Å²) in [6.45, 7) is -0.0618. The Morgan fingerprint density at radius 3 is 2.89 bits per heavy atom. The van der Waals surface area contributed by atoms with Crippen LogP contribution in [0.2, 0.25) is 0 Å². The number of hydrazone groups is 1. The predicted octanol–water partition coefficient (Wildman–Crippen LogP) is 1.29. The molecule has 0 aromatic heterocycles. The number of ether oxygens (including phenoxy) is 3. The lowest BCUT2D eigenvalue weighted by Gasteiger charge is -2.08. The molecule has 0 saturated heterocycles. The van der Waals surface area contributed by atoms with E-state index in [1.807, 2.05) is 6.07 Å². The van der Waals surface area contributed by atoms with Gasteiger partial charge in [-0.2, -0.15) is 10.4 Å². The minimum absolute atomic E-state index is 0.0618. The SMILES string of the molecule is COC(=O)N/N=C\c1ccc(OCC#N)c(OC)c1. The molecule has 0 unspecified atom stereocenters. The molecule has 0 atom stereocenters. The van der Waals surface area contributed by atoms with Crippen molar-refractivity contribution in [1.29, 1.82) is 5.26 Å². The number of nitrogens with one attached hydrogen (secondary N) is 1.